The van der Waals surface area contributed by atoms with Crippen LogP contribution in [-0.2, 0) is 11.8 Å². The number of pyridine rings is 1. The number of aryl methyl sites for hydroxylation is 1. The van der Waals surface area contributed by atoms with Crippen LogP contribution in [0.15, 0.2) is 23.1 Å². The first-order chi connectivity index (χ1) is 14.5. The van der Waals surface area contributed by atoms with E-state index >= 15 is 0 Å². The highest BCUT2D eigenvalue weighted by Crippen LogP contribution is 2.21. The molecule has 4 rings (SSSR count). The second kappa shape index (κ2) is 9.09. The SMILES string of the molecule is CN1CCN(CCNC(=O)C2CCN(c3nc4cccnc4n(C)c3=O)CC2)CC1. The van der Waals surface area contributed by atoms with Gasteiger partial charge in [0.25, 0.3) is 5.56 Å². The molecule has 0 radical (unpaired) electrons. The molecule has 0 aromatic carbocycles. The summed E-state index contributed by atoms with van der Waals surface area (Å²) in [5.41, 5.74) is 1.15. The number of piperidine rings is 1. The molecule has 0 saturated carbocycles. The predicted octanol–water partition coefficient (Wildman–Crippen LogP) is -0.0915. The van der Waals surface area contributed by atoms with Crippen LogP contribution in [0, 0.1) is 5.92 Å². The molecule has 0 bridgehead atoms. The molecule has 30 heavy (non-hydrogen) atoms. The van der Waals surface area contributed by atoms with Gasteiger partial charge in [0, 0.05) is 71.5 Å². The molecule has 2 saturated heterocycles. The number of likely N-dealkylation sites (N-methyl/N-ethyl adjacent to an activating group) is 1. The van der Waals surface area contributed by atoms with E-state index in [0.717, 1.165) is 45.6 Å². The normalized spacial score (nSPS) is 19.3. The molecular weight excluding hydrogens is 382 g/mol. The number of aromatic nitrogens is 3. The molecule has 9 nitrogen and oxygen atoms in total. The Morgan fingerprint density at radius 2 is 1.87 bits per heavy atom. The summed E-state index contributed by atoms with van der Waals surface area (Å²) >= 11 is 0. The Kier molecular flexibility index (Phi) is 6.29. The molecule has 0 spiro atoms. The summed E-state index contributed by atoms with van der Waals surface area (Å²) in [6, 6.07) is 3.69. The summed E-state index contributed by atoms with van der Waals surface area (Å²) in [5.74, 6) is 0.582. The van der Waals surface area contributed by atoms with E-state index in [1.165, 1.54) is 0 Å². The van der Waals surface area contributed by atoms with Crippen LogP contribution in [-0.4, -0.2) is 89.6 Å². The molecule has 1 N–H and O–H groups in total. The number of nitrogens with zero attached hydrogens (tertiary/aromatic N) is 6. The molecule has 9 heteroatoms. The van der Waals surface area contributed by atoms with Crippen LogP contribution >= 0.6 is 0 Å². The van der Waals surface area contributed by atoms with Crippen molar-refractivity contribution in [2.75, 3.05) is 64.3 Å². The minimum absolute atomic E-state index is 0.000265. The van der Waals surface area contributed by atoms with E-state index in [9.17, 15) is 9.59 Å². The molecule has 2 aliphatic heterocycles. The Hall–Kier alpha value is -2.52. The van der Waals surface area contributed by atoms with E-state index in [1.54, 1.807) is 17.8 Å². The Morgan fingerprint density at radius 3 is 2.60 bits per heavy atom. The number of nitrogens with one attached hydrogen (secondary N) is 1. The van der Waals surface area contributed by atoms with Crippen LogP contribution < -0.4 is 15.8 Å². The number of piperazine rings is 1. The maximum Gasteiger partial charge on any atom is 0.294 e. The van der Waals surface area contributed by atoms with Crippen molar-refractivity contribution < 1.29 is 4.79 Å². The third kappa shape index (κ3) is 4.46. The van der Waals surface area contributed by atoms with Crippen LogP contribution in [0.5, 0.6) is 0 Å². The lowest BCUT2D eigenvalue weighted by Crippen LogP contribution is -2.48. The summed E-state index contributed by atoms with van der Waals surface area (Å²) < 4.78 is 1.55. The van der Waals surface area contributed by atoms with Gasteiger partial charge < -0.3 is 15.1 Å². The quantitative estimate of drug-likeness (QED) is 0.733. The van der Waals surface area contributed by atoms with Crippen LogP contribution in [0.2, 0.25) is 0 Å². The molecule has 2 aromatic heterocycles. The van der Waals surface area contributed by atoms with Crippen molar-refractivity contribution >= 4 is 22.9 Å². The van der Waals surface area contributed by atoms with Gasteiger partial charge in [-0.3, -0.25) is 19.1 Å². The van der Waals surface area contributed by atoms with Gasteiger partial charge in [-0.05, 0) is 32.0 Å². The van der Waals surface area contributed by atoms with E-state index in [4.69, 9.17) is 0 Å². The minimum Gasteiger partial charge on any atom is -0.355 e. The molecule has 0 aliphatic carbocycles. The first-order valence-corrected chi connectivity index (χ1v) is 10.8. The number of carbonyl (C=O) groups is 1. The number of anilines is 1. The molecule has 0 atom stereocenters. The smallest absolute Gasteiger partial charge is 0.294 e. The summed E-state index contributed by atoms with van der Waals surface area (Å²) in [5, 5.41) is 3.11. The maximum atomic E-state index is 12.7. The van der Waals surface area contributed by atoms with Gasteiger partial charge in [0.15, 0.2) is 11.5 Å². The molecule has 1 amide bonds. The van der Waals surface area contributed by atoms with Crippen molar-refractivity contribution in [1.82, 2.24) is 29.7 Å². The first-order valence-electron chi connectivity index (χ1n) is 10.8. The Balaban J connectivity index is 1.30. The topological polar surface area (TPSA) is 86.6 Å². The van der Waals surface area contributed by atoms with Crippen molar-refractivity contribution in [2.45, 2.75) is 12.8 Å². The van der Waals surface area contributed by atoms with Gasteiger partial charge in [-0.1, -0.05) is 0 Å². The zero-order valence-corrected chi connectivity index (χ0v) is 17.9. The molecular formula is C21H31N7O2. The van der Waals surface area contributed by atoms with Crippen molar-refractivity contribution in [3.8, 4) is 0 Å². The number of carbonyl (C=O) groups excluding carboxylic acids is 1. The van der Waals surface area contributed by atoms with Crippen LogP contribution in [0.3, 0.4) is 0 Å². The van der Waals surface area contributed by atoms with Crippen molar-refractivity contribution in [3.05, 3.63) is 28.7 Å². The fourth-order valence-electron chi connectivity index (χ4n) is 4.25. The largest absolute Gasteiger partial charge is 0.355 e. The van der Waals surface area contributed by atoms with Gasteiger partial charge in [0.2, 0.25) is 5.91 Å². The van der Waals surface area contributed by atoms with Gasteiger partial charge in [0.05, 0.1) is 0 Å². The number of hydrogen-bond acceptors (Lipinski definition) is 7. The second-order valence-corrected chi connectivity index (χ2v) is 8.34. The van der Waals surface area contributed by atoms with Gasteiger partial charge in [0.1, 0.15) is 5.52 Å². The monoisotopic (exact) mass is 413 g/mol. The number of rotatable bonds is 5. The first kappa shape index (κ1) is 20.7. The molecule has 2 aromatic rings. The summed E-state index contributed by atoms with van der Waals surface area (Å²) in [6.07, 6.45) is 3.13. The lowest BCUT2D eigenvalue weighted by atomic mass is 9.96. The van der Waals surface area contributed by atoms with Gasteiger partial charge in [-0.15, -0.1) is 0 Å². The average Bonchev–Trinajstić information content (AvgIpc) is 2.77. The maximum absolute atomic E-state index is 12.7. The Labute approximate surface area is 176 Å². The molecule has 4 heterocycles. The summed E-state index contributed by atoms with van der Waals surface area (Å²) in [7, 11) is 3.87. The highest BCUT2D eigenvalue weighted by molar-refractivity contribution is 5.79. The zero-order chi connectivity index (χ0) is 21.1. The van der Waals surface area contributed by atoms with Gasteiger partial charge in [-0.2, -0.15) is 0 Å². The van der Waals surface area contributed by atoms with Crippen molar-refractivity contribution in [3.63, 3.8) is 0 Å². The summed E-state index contributed by atoms with van der Waals surface area (Å²) in [6.45, 7) is 7.22. The van der Waals surface area contributed by atoms with E-state index < -0.39 is 0 Å². The van der Waals surface area contributed by atoms with E-state index in [2.05, 4.69) is 32.1 Å². The third-order valence-electron chi connectivity index (χ3n) is 6.29. The number of fused-ring (bicyclic) bond motifs is 1. The molecule has 162 valence electrons. The number of hydrogen-bond donors (Lipinski definition) is 1. The van der Waals surface area contributed by atoms with Crippen molar-refractivity contribution in [1.29, 1.82) is 0 Å². The number of amides is 1. The fraction of sp³-hybridized carbons (Fsp3) is 0.619. The molecule has 2 aliphatic rings. The lowest BCUT2D eigenvalue weighted by molar-refractivity contribution is -0.125. The fourth-order valence-corrected chi connectivity index (χ4v) is 4.25. The van der Waals surface area contributed by atoms with Crippen LogP contribution in [0.25, 0.3) is 11.2 Å². The summed E-state index contributed by atoms with van der Waals surface area (Å²) in [4.78, 5) is 40.9. The van der Waals surface area contributed by atoms with Gasteiger partial charge >= 0.3 is 0 Å². The minimum atomic E-state index is -0.142. The predicted molar refractivity (Wildman–Crippen MR) is 117 cm³/mol. The van der Waals surface area contributed by atoms with E-state index in [0.29, 0.717) is 36.6 Å². The highest BCUT2D eigenvalue weighted by Gasteiger charge is 2.27. The molecule has 2 fully saturated rings. The highest BCUT2D eigenvalue weighted by atomic mass is 16.2. The van der Waals surface area contributed by atoms with Crippen LogP contribution in [0.1, 0.15) is 12.8 Å². The Morgan fingerprint density at radius 1 is 1.13 bits per heavy atom. The average molecular weight is 414 g/mol. The Bertz CT molecular complexity index is 944. The van der Waals surface area contributed by atoms with Crippen molar-refractivity contribution in [2.24, 2.45) is 13.0 Å². The standard InChI is InChI=1S/C21H31N7O2/c1-25-12-14-27(15-13-25)11-8-23-20(29)16-5-9-28(10-6-16)19-21(30)26(2)18-17(24-19)4-3-7-22-18/h3-4,7,16H,5-6,8-15H2,1-2H3,(H,23,29). The van der Waals surface area contributed by atoms with E-state index in [1.807, 2.05) is 17.0 Å². The van der Waals surface area contributed by atoms with Crippen LogP contribution in [0.4, 0.5) is 5.82 Å². The molecule has 0 unspecified atom stereocenters. The van der Waals surface area contributed by atoms with Gasteiger partial charge in [-0.25, -0.2) is 9.97 Å². The second-order valence-electron chi connectivity index (χ2n) is 8.34. The lowest BCUT2D eigenvalue weighted by Gasteiger charge is -2.33. The van der Waals surface area contributed by atoms with E-state index in [-0.39, 0.29) is 17.4 Å². The zero-order valence-electron chi connectivity index (χ0n) is 17.9. The third-order valence-corrected chi connectivity index (χ3v) is 6.29.